The summed E-state index contributed by atoms with van der Waals surface area (Å²) in [7, 11) is 0. The van der Waals surface area contributed by atoms with Gasteiger partial charge < -0.3 is 0 Å². The minimum absolute atomic E-state index is 0.746. The van der Waals surface area contributed by atoms with Crippen LogP contribution < -0.4 is 0 Å². The average molecular weight is 303 g/mol. The Balaban J connectivity index is 2.49. The Hall–Kier alpha value is -1.50. The zero-order chi connectivity index (χ0) is 14.5. The number of hydrogen-bond acceptors (Lipinski definition) is 0. The van der Waals surface area contributed by atoms with Crippen LogP contribution in [0.15, 0.2) is 61.2 Å². The van der Waals surface area contributed by atoms with Crippen molar-refractivity contribution in [1.82, 2.24) is 0 Å². The zero-order valence-corrected chi connectivity index (χ0v) is 12.9. The van der Waals surface area contributed by atoms with E-state index in [1.807, 2.05) is 54.6 Å². The van der Waals surface area contributed by atoms with Crippen molar-refractivity contribution >= 4 is 34.3 Å². The molecular weight excluding hydrogens is 287 g/mol. The van der Waals surface area contributed by atoms with E-state index in [4.69, 9.17) is 23.2 Å². The van der Waals surface area contributed by atoms with Crippen LogP contribution in [0.2, 0.25) is 10.0 Å². The first-order chi connectivity index (χ1) is 9.61. The maximum absolute atomic E-state index is 5.96. The summed E-state index contributed by atoms with van der Waals surface area (Å²) in [5.41, 5.74) is 4.81. The maximum atomic E-state index is 5.96. The molecule has 2 rings (SSSR count). The molecule has 20 heavy (non-hydrogen) atoms. The van der Waals surface area contributed by atoms with Gasteiger partial charge in [-0.2, -0.15) is 0 Å². The first-order valence-electron chi connectivity index (χ1n) is 6.44. The lowest BCUT2D eigenvalue weighted by atomic mass is 9.93. The first-order valence-corrected chi connectivity index (χ1v) is 7.20. The van der Waals surface area contributed by atoms with Gasteiger partial charge in [0.15, 0.2) is 0 Å². The molecule has 0 fully saturated rings. The molecular formula is C18H16Cl2. The molecule has 0 aliphatic carbocycles. The third-order valence-corrected chi connectivity index (χ3v) is 3.77. The van der Waals surface area contributed by atoms with Crippen LogP contribution >= 0.6 is 23.2 Å². The van der Waals surface area contributed by atoms with E-state index in [-0.39, 0.29) is 0 Å². The molecule has 0 amide bonds. The topological polar surface area (TPSA) is 0 Å². The summed E-state index contributed by atoms with van der Waals surface area (Å²) >= 11 is 11.9. The number of rotatable bonds is 4. The van der Waals surface area contributed by atoms with Crippen LogP contribution in [0.3, 0.4) is 0 Å². The molecule has 102 valence electrons. The van der Waals surface area contributed by atoms with Crippen molar-refractivity contribution in [3.63, 3.8) is 0 Å². The fourth-order valence-corrected chi connectivity index (χ4v) is 2.41. The van der Waals surface area contributed by atoms with Gasteiger partial charge in [-0.05, 0) is 59.9 Å². The van der Waals surface area contributed by atoms with Gasteiger partial charge in [0, 0.05) is 10.0 Å². The van der Waals surface area contributed by atoms with Gasteiger partial charge in [-0.25, -0.2) is 0 Å². The molecule has 0 aliphatic rings. The smallest absolute Gasteiger partial charge is 0.0406 e. The molecule has 0 nitrogen and oxygen atoms in total. The zero-order valence-electron chi connectivity index (χ0n) is 11.4. The number of benzene rings is 2. The second-order valence-electron chi connectivity index (χ2n) is 4.61. The quantitative estimate of drug-likeness (QED) is 0.446. The summed E-state index contributed by atoms with van der Waals surface area (Å²) in [4.78, 5) is 0. The van der Waals surface area contributed by atoms with E-state index in [0.717, 1.165) is 16.5 Å². The molecule has 0 bridgehead atoms. The second kappa shape index (κ2) is 6.78. The Morgan fingerprint density at radius 2 is 1.35 bits per heavy atom. The van der Waals surface area contributed by atoms with Gasteiger partial charge in [0.05, 0.1) is 0 Å². The molecule has 2 heteroatoms. The summed E-state index contributed by atoms with van der Waals surface area (Å²) in [6.45, 7) is 5.97. The highest BCUT2D eigenvalue weighted by atomic mass is 35.5. The third kappa shape index (κ3) is 3.53. The first kappa shape index (κ1) is 14.9. The van der Waals surface area contributed by atoms with Crippen molar-refractivity contribution in [2.75, 3.05) is 0 Å². The van der Waals surface area contributed by atoms with Crippen molar-refractivity contribution in [3.05, 3.63) is 82.4 Å². The van der Waals surface area contributed by atoms with Gasteiger partial charge in [-0.3, -0.25) is 0 Å². The minimum Gasteiger partial charge on any atom is -0.103 e. The molecule has 0 aromatic heterocycles. The van der Waals surface area contributed by atoms with Crippen LogP contribution in [0, 0.1) is 0 Å². The standard InChI is InChI=1S/C18H16Cl2/c1-3-4-18(15-7-11-17(20)12-8-15)13(2)14-5-9-16(19)10-6-14/h3,5-12H,1,4H2,2H3/b18-13-. The van der Waals surface area contributed by atoms with Gasteiger partial charge in [-0.15, -0.1) is 6.58 Å². The van der Waals surface area contributed by atoms with Gasteiger partial charge in [0.1, 0.15) is 0 Å². The van der Waals surface area contributed by atoms with E-state index >= 15 is 0 Å². The molecule has 0 unspecified atom stereocenters. The van der Waals surface area contributed by atoms with E-state index < -0.39 is 0 Å². The van der Waals surface area contributed by atoms with Crippen LogP contribution in [0.4, 0.5) is 0 Å². The van der Waals surface area contributed by atoms with E-state index in [0.29, 0.717) is 0 Å². The van der Waals surface area contributed by atoms with Gasteiger partial charge in [-0.1, -0.05) is 53.5 Å². The molecule has 2 aromatic rings. The van der Waals surface area contributed by atoms with E-state index in [9.17, 15) is 0 Å². The van der Waals surface area contributed by atoms with E-state index in [2.05, 4.69) is 13.5 Å². The molecule has 0 N–H and O–H groups in total. The van der Waals surface area contributed by atoms with Crippen LogP contribution in [-0.2, 0) is 0 Å². The Kier molecular flexibility index (Phi) is 5.05. The van der Waals surface area contributed by atoms with E-state index in [1.165, 1.54) is 22.3 Å². The summed E-state index contributed by atoms with van der Waals surface area (Å²) < 4.78 is 0. The largest absolute Gasteiger partial charge is 0.103 e. The van der Waals surface area contributed by atoms with Crippen LogP contribution in [0.25, 0.3) is 11.1 Å². The fourth-order valence-electron chi connectivity index (χ4n) is 2.16. The predicted molar refractivity (Wildman–Crippen MR) is 90.2 cm³/mol. The lowest BCUT2D eigenvalue weighted by Gasteiger charge is -2.12. The van der Waals surface area contributed by atoms with Crippen LogP contribution in [-0.4, -0.2) is 0 Å². The second-order valence-corrected chi connectivity index (χ2v) is 5.48. The number of halogens is 2. The van der Waals surface area contributed by atoms with Crippen molar-refractivity contribution in [2.24, 2.45) is 0 Å². The Morgan fingerprint density at radius 1 is 0.900 bits per heavy atom. The van der Waals surface area contributed by atoms with Crippen LogP contribution in [0.1, 0.15) is 24.5 Å². The lowest BCUT2D eigenvalue weighted by Crippen LogP contribution is -1.89. The summed E-state index contributed by atoms with van der Waals surface area (Å²) in [6.07, 6.45) is 2.74. The molecule has 0 spiro atoms. The van der Waals surface area contributed by atoms with Crippen molar-refractivity contribution < 1.29 is 0 Å². The summed E-state index contributed by atoms with van der Waals surface area (Å²) in [5, 5.41) is 1.49. The van der Waals surface area contributed by atoms with Gasteiger partial charge in [0.25, 0.3) is 0 Å². The molecule has 0 atom stereocenters. The Bertz CT molecular complexity index is 619. The average Bonchev–Trinajstić information content (AvgIpc) is 2.46. The summed E-state index contributed by atoms with van der Waals surface area (Å²) in [5.74, 6) is 0. The minimum atomic E-state index is 0.746. The monoisotopic (exact) mass is 302 g/mol. The third-order valence-electron chi connectivity index (χ3n) is 3.27. The summed E-state index contributed by atoms with van der Waals surface area (Å²) in [6, 6.07) is 15.8. The molecule has 0 saturated heterocycles. The number of allylic oxidation sites excluding steroid dienone is 3. The van der Waals surface area contributed by atoms with Gasteiger partial charge in [0.2, 0.25) is 0 Å². The van der Waals surface area contributed by atoms with Crippen molar-refractivity contribution in [3.8, 4) is 0 Å². The normalized spacial score (nSPS) is 11.9. The Morgan fingerprint density at radius 3 is 1.80 bits per heavy atom. The maximum Gasteiger partial charge on any atom is 0.0406 e. The molecule has 0 radical (unpaired) electrons. The predicted octanol–water partition coefficient (Wildman–Crippen LogP) is 6.50. The van der Waals surface area contributed by atoms with Crippen molar-refractivity contribution in [2.45, 2.75) is 13.3 Å². The van der Waals surface area contributed by atoms with Gasteiger partial charge >= 0.3 is 0 Å². The molecule has 0 aliphatic heterocycles. The van der Waals surface area contributed by atoms with Crippen molar-refractivity contribution in [1.29, 1.82) is 0 Å². The number of hydrogen-bond donors (Lipinski definition) is 0. The van der Waals surface area contributed by atoms with E-state index in [1.54, 1.807) is 0 Å². The molecule has 2 aromatic carbocycles. The SMILES string of the molecule is C=CC/C(=C(\C)c1ccc(Cl)cc1)c1ccc(Cl)cc1. The van der Waals surface area contributed by atoms with Crippen LogP contribution in [0.5, 0.6) is 0 Å². The molecule has 0 heterocycles. The fraction of sp³-hybridized carbons (Fsp3) is 0.111. The highest BCUT2D eigenvalue weighted by Crippen LogP contribution is 2.30. The molecule has 0 saturated carbocycles. The lowest BCUT2D eigenvalue weighted by molar-refractivity contribution is 1.38. The Labute approximate surface area is 130 Å². The highest BCUT2D eigenvalue weighted by Gasteiger charge is 2.07. The highest BCUT2D eigenvalue weighted by molar-refractivity contribution is 6.30.